The molecular formula is C16H17FN2O2. The van der Waals surface area contributed by atoms with E-state index in [2.05, 4.69) is 10.6 Å². The molecule has 4 nitrogen and oxygen atoms in total. The molecule has 0 bridgehead atoms. The molecule has 110 valence electrons. The van der Waals surface area contributed by atoms with Crippen LogP contribution in [0.4, 0.5) is 15.8 Å². The number of phenols is 1. The van der Waals surface area contributed by atoms with Gasteiger partial charge in [-0.15, -0.1) is 0 Å². The molecule has 2 rings (SSSR count). The number of hydrogen-bond acceptors (Lipinski definition) is 3. The van der Waals surface area contributed by atoms with Crippen molar-refractivity contribution in [2.45, 2.75) is 19.9 Å². The van der Waals surface area contributed by atoms with Crippen molar-refractivity contribution in [2.24, 2.45) is 0 Å². The predicted molar refractivity (Wildman–Crippen MR) is 80.8 cm³/mol. The zero-order valence-electron chi connectivity index (χ0n) is 11.9. The first-order chi connectivity index (χ1) is 9.95. The fraction of sp³-hybridized carbons (Fsp3) is 0.188. The largest absolute Gasteiger partial charge is 0.508 e. The number of carbonyl (C=O) groups is 1. The van der Waals surface area contributed by atoms with Gasteiger partial charge in [-0.3, -0.25) is 4.79 Å². The van der Waals surface area contributed by atoms with Crippen LogP contribution in [-0.4, -0.2) is 11.0 Å². The molecule has 0 aliphatic carbocycles. The molecule has 21 heavy (non-hydrogen) atoms. The number of carbonyl (C=O) groups excluding carboxylic acids is 1. The summed E-state index contributed by atoms with van der Waals surface area (Å²) in [5, 5.41) is 14.9. The molecule has 3 N–H and O–H groups in total. The Labute approximate surface area is 122 Å². The average molecular weight is 288 g/mol. The Bertz CT molecular complexity index is 641. The summed E-state index contributed by atoms with van der Waals surface area (Å²) in [6.45, 7) is 3.28. The number of nitrogens with one attached hydrogen (secondary N) is 2. The summed E-state index contributed by atoms with van der Waals surface area (Å²) < 4.78 is 13.8. The number of benzene rings is 2. The number of hydrogen-bond donors (Lipinski definition) is 3. The monoisotopic (exact) mass is 288 g/mol. The molecule has 0 spiro atoms. The van der Waals surface area contributed by atoms with Gasteiger partial charge >= 0.3 is 0 Å². The lowest BCUT2D eigenvalue weighted by Gasteiger charge is -2.17. The summed E-state index contributed by atoms with van der Waals surface area (Å²) in [4.78, 5) is 11.0. The molecule has 1 unspecified atom stereocenters. The van der Waals surface area contributed by atoms with Crippen LogP contribution >= 0.6 is 0 Å². The van der Waals surface area contributed by atoms with Gasteiger partial charge in [-0.2, -0.15) is 0 Å². The van der Waals surface area contributed by atoms with Crippen LogP contribution in [0.2, 0.25) is 0 Å². The van der Waals surface area contributed by atoms with Crippen LogP contribution in [0.3, 0.4) is 0 Å². The minimum absolute atomic E-state index is 0.146. The topological polar surface area (TPSA) is 61.4 Å². The van der Waals surface area contributed by atoms with Crippen molar-refractivity contribution < 1.29 is 14.3 Å². The van der Waals surface area contributed by atoms with Crippen molar-refractivity contribution in [3.63, 3.8) is 0 Å². The van der Waals surface area contributed by atoms with E-state index in [9.17, 15) is 14.3 Å². The van der Waals surface area contributed by atoms with E-state index in [4.69, 9.17) is 0 Å². The van der Waals surface area contributed by atoms with Gasteiger partial charge in [0.2, 0.25) is 5.91 Å². The smallest absolute Gasteiger partial charge is 0.221 e. The van der Waals surface area contributed by atoms with E-state index < -0.39 is 5.82 Å². The van der Waals surface area contributed by atoms with Crippen LogP contribution in [0.15, 0.2) is 42.5 Å². The number of rotatable bonds is 4. The number of aromatic hydroxyl groups is 1. The Morgan fingerprint density at radius 3 is 2.48 bits per heavy atom. The molecule has 0 aromatic heterocycles. The van der Waals surface area contributed by atoms with Gasteiger partial charge in [0, 0.05) is 18.7 Å². The molecule has 0 aliphatic heterocycles. The molecule has 1 atom stereocenters. The summed E-state index contributed by atoms with van der Waals surface area (Å²) in [5.74, 6) is -0.418. The first-order valence-electron chi connectivity index (χ1n) is 6.58. The Hall–Kier alpha value is -2.56. The summed E-state index contributed by atoms with van der Waals surface area (Å²) in [6.07, 6.45) is 0. The molecule has 0 saturated heterocycles. The molecule has 0 saturated carbocycles. The van der Waals surface area contributed by atoms with Crippen molar-refractivity contribution >= 4 is 17.3 Å². The van der Waals surface area contributed by atoms with Crippen molar-refractivity contribution in [3.8, 4) is 5.75 Å². The second kappa shape index (κ2) is 6.26. The van der Waals surface area contributed by atoms with Crippen LogP contribution in [0.5, 0.6) is 5.75 Å². The molecule has 2 aromatic rings. The zero-order chi connectivity index (χ0) is 15.4. The molecule has 1 amide bonds. The average Bonchev–Trinajstić information content (AvgIpc) is 2.42. The van der Waals surface area contributed by atoms with Crippen LogP contribution in [0.25, 0.3) is 0 Å². The minimum Gasteiger partial charge on any atom is -0.508 e. The van der Waals surface area contributed by atoms with E-state index >= 15 is 0 Å². The summed E-state index contributed by atoms with van der Waals surface area (Å²) in [6, 6.07) is 10.9. The van der Waals surface area contributed by atoms with E-state index in [1.54, 1.807) is 30.3 Å². The van der Waals surface area contributed by atoms with Gasteiger partial charge in [-0.05, 0) is 42.8 Å². The van der Waals surface area contributed by atoms with Gasteiger partial charge in [0.05, 0.1) is 5.69 Å². The number of halogens is 1. The first-order valence-corrected chi connectivity index (χ1v) is 6.58. The van der Waals surface area contributed by atoms with E-state index in [0.29, 0.717) is 11.4 Å². The van der Waals surface area contributed by atoms with Crippen molar-refractivity contribution in [2.75, 3.05) is 10.6 Å². The van der Waals surface area contributed by atoms with Crippen LogP contribution in [0.1, 0.15) is 25.5 Å². The van der Waals surface area contributed by atoms with Gasteiger partial charge in [-0.25, -0.2) is 4.39 Å². The van der Waals surface area contributed by atoms with E-state index in [0.717, 1.165) is 5.56 Å². The molecule has 0 radical (unpaired) electrons. The highest BCUT2D eigenvalue weighted by Crippen LogP contribution is 2.25. The molecule has 2 aromatic carbocycles. The predicted octanol–water partition coefficient (Wildman–Crippen LogP) is 3.66. The standard InChI is InChI=1S/C16H17FN2O2/c1-10(12-3-6-14(21)7-4-12)18-16-9-13(19-11(2)20)5-8-15(16)17/h3-10,18,21H,1-2H3,(H,19,20). The third-order valence-electron chi connectivity index (χ3n) is 3.05. The van der Waals surface area contributed by atoms with Crippen molar-refractivity contribution in [3.05, 3.63) is 53.8 Å². The van der Waals surface area contributed by atoms with Crippen LogP contribution in [-0.2, 0) is 4.79 Å². The lowest BCUT2D eigenvalue weighted by molar-refractivity contribution is -0.114. The third kappa shape index (κ3) is 3.95. The van der Waals surface area contributed by atoms with E-state index in [-0.39, 0.29) is 17.7 Å². The van der Waals surface area contributed by atoms with Crippen molar-refractivity contribution in [1.82, 2.24) is 0 Å². The quantitative estimate of drug-likeness (QED) is 0.804. The van der Waals surface area contributed by atoms with Gasteiger partial charge in [0.1, 0.15) is 11.6 Å². The zero-order valence-corrected chi connectivity index (χ0v) is 11.9. The SMILES string of the molecule is CC(=O)Nc1ccc(F)c(NC(C)c2ccc(O)cc2)c1. The number of anilines is 2. The Balaban J connectivity index is 2.17. The molecular weight excluding hydrogens is 271 g/mol. The highest BCUT2D eigenvalue weighted by molar-refractivity contribution is 5.89. The lowest BCUT2D eigenvalue weighted by Crippen LogP contribution is -2.10. The Morgan fingerprint density at radius 2 is 1.86 bits per heavy atom. The third-order valence-corrected chi connectivity index (χ3v) is 3.05. The second-order valence-corrected chi connectivity index (χ2v) is 4.83. The molecule has 0 aliphatic rings. The summed E-state index contributed by atoms with van der Waals surface area (Å²) in [7, 11) is 0. The second-order valence-electron chi connectivity index (χ2n) is 4.83. The van der Waals surface area contributed by atoms with Gasteiger partial charge in [0.25, 0.3) is 0 Å². The maximum absolute atomic E-state index is 13.8. The Morgan fingerprint density at radius 1 is 1.19 bits per heavy atom. The van der Waals surface area contributed by atoms with Gasteiger partial charge in [0.15, 0.2) is 0 Å². The number of amides is 1. The fourth-order valence-electron chi connectivity index (χ4n) is 2.00. The maximum atomic E-state index is 13.8. The fourth-order valence-corrected chi connectivity index (χ4v) is 2.00. The summed E-state index contributed by atoms with van der Waals surface area (Å²) in [5.41, 5.74) is 1.75. The highest BCUT2D eigenvalue weighted by atomic mass is 19.1. The van der Waals surface area contributed by atoms with Crippen LogP contribution in [0, 0.1) is 5.82 Å². The van der Waals surface area contributed by atoms with Gasteiger partial charge in [-0.1, -0.05) is 12.1 Å². The van der Waals surface area contributed by atoms with Crippen LogP contribution < -0.4 is 10.6 Å². The summed E-state index contributed by atoms with van der Waals surface area (Å²) >= 11 is 0. The molecule has 5 heteroatoms. The molecule has 0 heterocycles. The Kier molecular flexibility index (Phi) is 4.42. The van der Waals surface area contributed by atoms with Gasteiger partial charge < -0.3 is 15.7 Å². The first kappa shape index (κ1) is 14.8. The molecule has 0 fully saturated rings. The number of phenolic OH excluding ortho intramolecular Hbond substituents is 1. The van der Waals surface area contributed by atoms with E-state index in [1.807, 2.05) is 6.92 Å². The van der Waals surface area contributed by atoms with E-state index in [1.165, 1.54) is 19.1 Å². The minimum atomic E-state index is -0.394. The normalized spacial score (nSPS) is 11.8. The highest BCUT2D eigenvalue weighted by Gasteiger charge is 2.10. The van der Waals surface area contributed by atoms with Crippen molar-refractivity contribution in [1.29, 1.82) is 0 Å². The lowest BCUT2D eigenvalue weighted by atomic mass is 10.1. The maximum Gasteiger partial charge on any atom is 0.221 e.